The Labute approximate surface area is 111 Å². The third-order valence-corrected chi connectivity index (χ3v) is 4.95. The lowest BCUT2D eigenvalue weighted by atomic mass is 10.3. The summed E-state index contributed by atoms with van der Waals surface area (Å²) in [5.41, 5.74) is 5.29. The summed E-state index contributed by atoms with van der Waals surface area (Å²) in [5.74, 6) is -2.61. The second-order valence-corrected chi connectivity index (χ2v) is 6.52. The van der Waals surface area contributed by atoms with Crippen molar-refractivity contribution in [1.82, 2.24) is 4.31 Å². The lowest BCUT2D eigenvalue weighted by molar-refractivity contribution is 0.397. The first-order chi connectivity index (χ1) is 8.87. The van der Waals surface area contributed by atoms with Crippen LogP contribution in [0.2, 0.25) is 0 Å². The van der Waals surface area contributed by atoms with Gasteiger partial charge >= 0.3 is 0 Å². The number of benzene rings is 1. The molecule has 1 aromatic rings. The Morgan fingerprint density at radius 3 is 2.53 bits per heavy atom. The molecule has 0 aliphatic heterocycles. The van der Waals surface area contributed by atoms with Crippen LogP contribution in [0.15, 0.2) is 17.0 Å². The Kier molecular flexibility index (Phi) is 3.78. The normalized spacial score (nSPS) is 16.0. The maximum absolute atomic E-state index is 13.7. The van der Waals surface area contributed by atoms with Gasteiger partial charge in [-0.05, 0) is 31.4 Å². The summed E-state index contributed by atoms with van der Waals surface area (Å²) in [7, 11) is -4.04. The van der Waals surface area contributed by atoms with E-state index in [9.17, 15) is 17.2 Å². The van der Waals surface area contributed by atoms with Crippen LogP contribution in [-0.4, -0.2) is 25.3 Å². The van der Waals surface area contributed by atoms with Crippen molar-refractivity contribution in [3.8, 4) is 0 Å². The van der Waals surface area contributed by atoms with Crippen LogP contribution in [0, 0.1) is 11.6 Å². The van der Waals surface area contributed by atoms with Crippen molar-refractivity contribution in [1.29, 1.82) is 0 Å². The number of hydrogen-bond donors (Lipinski definition) is 1. The van der Waals surface area contributed by atoms with Gasteiger partial charge in [-0.2, -0.15) is 4.31 Å². The number of sulfonamides is 1. The van der Waals surface area contributed by atoms with Crippen molar-refractivity contribution in [2.75, 3.05) is 12.3 Å². The summed E-state index contributed by atoms with van der Waals surface area (Å²) in [6.07, 6.45) is 2.12. The van der Waals surface area contributed by atoms with Gasteiger partial charge < -0.3 is 5.73 Å². The van der Waals surface area contributed by atoms with E-state index in [-0.39, 0.29) is 11.7 Å². The van der Waals surface area contributed by atoms with Crippen LogP contribution >= 0.6 is 0 Å². The summed E-state index contributed by atoms with van der Waals surface area (Å²) < 4.78 is 53.0. The number of anilines is 1. The van der Waals surface area contributed by atoms with Crippen molar-refractivity contribution < 1.29 is 17.2 Å². The molecular weight excluding hydrogens is 274 g/mol. The van der Waals surface area contributed by atoms with Gasteiger partial charge in [-0.25, -0.2) is 17.2 Å². The minimum Gasteiger partial charge on any atom is -0.399 e. The molecule has 0 atom stereocenters. The molecule has 1 fully saturated rings. The average Bonchev–Trinajstić information content (AvgIpc) is 3.14. The summed E-state index contributed by atoms with van der Waals surface area (Å²) in [6, 6.07) is 1.64. The summed E-state index contributed by atoms with van der Waals surface area (Å²) in [5, 5.41) is 0. The topological polar surface area (TPSA) is 63.4 Å². The van der Waals surface area contributed by atoms with E-state index in [4.69, 9.17) is 5.73 Å². The molecule has 0 amide bonds. The predicted molar refractivity (Wildman–Crippen MR) is 68.0 cm³/mol. The largest absolute Gasteiger partial charge is 0.399 e. The number of hydrogen-bond acceptors (Lipinski definition) is 3. The number of nitrogen functional groups attached to an aromatic ring is 1. The first-order valence-electron chi connectivity index (χ1n) is 6.14. The molecule has 0 unspecified atom stereocenters. The summed E-state index contributed by atoms with van der Waals surface area (Å²) >= 11 is 0. The van der Waals surface area contributed by atoms with E-state index in [0.29, 0.717) is 13.0 Å². The fraction of sp³-hybridized carbons (Fsp3) is 0.500. The highest BCUT2D eigenvalue weighted by atomic mass is 32.2. The van der Waals surface area contributed by atoms with Gasteiger partial charge in [0.2, 0.25) is 10.0 Å². The molecule has 1 aromatic carbocycles. The Hall–Kier alpha value is -1.21. The zero-order valence-electron chi connectivity index (χ0n) is 10.6. The monoisotopic (exact) mass is 290 g/mol. The predicted octanol–water partition coefficient (Wildman–Crippen LogP) is 2.11. The van der Waals surface area contributed by atoms with Crippen LogP contribution in [0.1, 0.15) is 26.2 Å². The van der Waals surface area contributed by atoms with Crippen molar-refractivity contribution >= 4 is 15.7 Å². The fourth-order valence-corrected chi connectivity index (χ4v) is 3.87. The standard InChI is InChI=1S/C12H16F2N2O2S/c1-2-5-16(9-3-4-9)19(17,18)11-7-8(15)6-10(13)12(11)14/h6-7,9H,2-5,15H2,1H3. The lowest BCUT2D eigenvalue weighted by Crippen LogP contribution is -2.34. The lowest BCUT2D eigenvalue weighted by Gasteiger charge is -2.21. The van der Waals surface area contributed by atoms with E-state index >= 15 is 0 Å². The van der Waals surface area contributed by atoms with E-state index < -0.39 is 26.6 Å². The van der Waals surface area contributed by atoms with E-state index in [1.54, 1.807) is 0 Å². The van der Waals surface area contributed by atoms with Crippen LogP contribution < -0.4 is 5.73 Å². The maximum atomic E-state index is 13.7. The van der Waals surface area contributed by atoms with Gasteiger partial charge in [0, 0.05) is 18.3 Å². The Bertz CT molecular complexity index is 586. The minimum absolute atomic E-state index is 0.103. The quantitative estimate of drug-likeness (QED) is 0.845. The Morgan fingerprint density at radius 2 is 2.00 bits per heavy atom. The van der Waals surface area contributed by atoms with Crippen LogP contribution in [0.3, 0.4) is 0 Å². The number of nitrogens with two attached hydrogens (primary N) is 1. The SMILES string of the molecule is CCCN(C1CC1)S(=O)(=O)c1cc(N)cc(F)c1F. The highest BCUT2D eigenvalue weighted by Crippen LogP contribution is 2.33. The van der Waals surface area contributed by atoms with Gasteiger partial charge in [-0.3, -0.25) is 0 Å². The molecule has 7 heteroatoms. The minimum atomic E-state index is -4.04. The maximum Gasteiger partial charge on any atom is 0.246 e. The van der Waals surface area contributed by atoms with Crippen LogP contribution in [0.25, 0.3) is 0 Å². The molecule has 106 valence electrons. The van der Waals surface area contributed by atoms with E-state index in [0.717, 1.165) is 25.0 Å². The molecule has 0 bridgehead atoms. The van der Waals surface area contributed by atoms with Gasteiger partial charge in [0.1, 0.15) is 4.90 Å². The third kappa shape index (κ3) is 2.71. The van der Waals surface area contributed by atoms with E-state index in [1.165, 1.54) is 4.31 Å². The van der Waals surface area contributed by atoms with Crippen LogP contribution in [0.4, 0.5) is 14.5 Å². The van der Waals surface area contributed by atoms with Crippen molar-refractivity contribution in [2.24, 2.45) is 0 Å². The van der Waals surface area contributed by atoms with E-state index in [1.807, 2.05) is 6.92 Å². The highest BCUT2D eigenvalue weighted by Gasteiger charge is 2.39. The zero-order valence-corrected chi connectivity index (χ0v) is 11.4. The number of nitrogens with zero attached hydrogens (tertiary/aromatic N) is 1. The average molecular weight is 290 g/mol. The highest BCUT2D eigenvalue weighted by molar-refractivity contribution is 7.89. The van der Waals surface area contributed by atoms with Crippen molar-refractivity contribution in [3.05, 3.63) is 23.8 Å². The molecular formula is C12H16F2N2O2S. The Morgan fingerprint density at radius 1 is 1.37 bits per heavy atom. The molecule has 2 rings (SSSR count). The fourth-order valence-electron chi connectivity index (χ4n) is 1.98. The van der Waals surface area contributed by atoms with Gasteiger partial charge in [-0.15, -0.1) is 0 Å². The summed E-state index contributed by atoms with van der Waals surface area (Å²) in [6.45, 7) is 2.13. The molecule has 4 nitrogen and oxygen atoms in total. The Balaban J connectivity index is 2.49. The van der Waals surface area contributed by atoms with Crippen molar-refractivity contribution in [2.45, 2.75) is 37.1 Å². The molecule has 2 N–H and O–H groups in total. The molecule has 0 heterocycles. The molecule has 1 saturated carbocycles. The molecule has 0 saturated heterocycles. The molecule has 0 aromatic heterocycles. The van der Waals surface area contributed by atoms with E-state index in [2.05, 4.69) is 0 Å². The molecule has 0 radical (unpaired) electrons. The first kappa shape index (κ1) is 14.2. The molecule has 1 aliphatic rings. The molecule has 19 heavy (non-hydrogen) atoms. The number of rotatable bonds is 5. The second-order valence-electron chi connectivity index (χ2n) is 4.66. The van der Waals surface area contributed by atoms with Gasteiger partial charge in [0.15, 0.2) is 11.6 Å². The smallest absolute Gasteiger partial charge is 0.246 e. The summed E-state index contributed by atoms with van der Waals surface area (Å²) in [4.78, 5) is -0.676. The third-order valence-electron chi connectivity index (χ3n) is 3.00. The van der Waals surface area contributed by atoms with Gasteiger partial charge in [0.25, 0.3) is 0 Å². The first-order valence-corrected chi connectivity index (χ1v) is 7.58. The zero-order chi connectivity index (χ0) is 14.2. The van der Waals surface area contributed by atoms with Crippen LogP contribution in [-0.2, 0) is 10.0 Å². The van der Waals surface area contributed by atoms with Gasteiger partial charge in [-0.1, -0.05) is 6.92 Å². The second kappa shape index (κ2) is 5.05. The number of halogens is 2. The van der Waals surface area contributed by atoms with Crippen LogP contribution in [0.5, 0.6) is 0 Å². The van der Waals surface area contributed by atoms with Gasteiger partial charge in [0.05, 0.1) is 0 Å². The molecule has 1 aliphatic carbocycles. The van der Waals surface area contributed by atoms with Crippen molar-refractivity contribution in [3.63, 3.8) is 0 Å². The molecule has 0 spiro atoms.